The Kier molecular flexibility index (Phi) is 6.75. The number of hydrogen-bond acceptors (Lipinski definition) is 2. The molecule has 0 aliphatic rings. The van der Waals surface area contributed by atoms with Crippen molar-refractivity contribution in [1.82, 2.24) is 5.32 Å². The lowest BCUT2D eigenvalue weighted by Crippen LogP contribution is -2.44. The van der Waals surface area contributed by atoms with E-state index in [2.05, 4.69) is 10.6 Å². The highest BCUT2D eigenvalue weighted by atomic mass is 35.5. The molecule has 2 amide bonds. The van der Waals surface area contributed by atoms with Gasteiger partial charge in [0.15, 0.2) is 0 Å². The van der Waals surface area contributed by atoms with Crippen LogP contribution in [0.2, 0.25) is 5.02 Å². The molecule has 2 N–H and O–H groups in total. The minimum absolute atomic E-state index is 0.200. The Morgan fingerprint density at radius 2 is 1.77 bits per heavy atom. The summed E-state index contributed by atoms with van der Waals surface area (Å²) in [5.41, 5.74) is 1.56. The van der Waals surface area contributed by atoms with E-state index in [4.69, 9.17) is 11.6 Å². The molecule has 0 saturated carbocycles. The first-order chi connectivity index (χ1) is 12.3. The van der Waals surface area contributed by atoms with Crippen LogP contribution in [0.3, 0.4) is 0 Å². The molecule has 0 aromatic heterocycles. The van der Waals surface area contributed by atoms with Gasteiger partial charge in [-0.1, -0.05) is 25.4 Å². The zero-order valence-corrected chi connectivity index (χ0v) is 15.7. The highest BCUT2D eigenvalue weighted by Crippen LogP contribution is 2.17. The van der Waals surface area contributed by atoms with Crippen molar-refractivity contribution in [3.8, 4) is 0 Å². The van der Waals surface area contributed by atoms with E-state index >= 15 is 0 Å². The fourth-order valence-electron chi connectivity index (χ4n) is 2.53. The number of carbonyl (C=O) groups excluding carboxylic acids is 2. The number of aryl methyl sites for hydroxylation is 1. The zero-order chi connectivity index (χ0) is 19.3. The maximum absolute atomic E-state index is 13.2. The molecule has 0 bridgehead atoms. The summed E-state index contributed by atoms with van der Waals surface area (Å²) in [6.45, 7) is 5.65. The average Bonchev–Trinajstić information content (AvgIpc) is 2.56. The second-order valence-electron chi connectivity index (χ2n) is 6.61. The van der Waals surface area contributed by atoms with Crippen molar-refractivity contribution in [3.63, 3.8) is 0 Å². The Balaban J connectivity index is 2.13. The summed E-state index contributed by atoms with van der Waals surface area (Å²) >= 11 is 5.84. The lowest BCUT2D eigenvalue weighted by molar-refractivity contribution is -0.118. The van der Waals surface area contributed by atoms with E-state index in [-0.39, 0.29) is 23.5 Å². The van der Waals surface area contributed by atoms with E-state index in [9.17, 15) is 14.0 Å². The van der Waals surface area contributed by atoms with Gasteiger partial charge in [-0.3, -0.25) is 9.59 Å². The average molecular weight is 377 g/mol. The van der Waals surface area contributed by atoms with Gasteiger partial charge in [0.25, 0.3) is 5.91 Å². The monoisotopic (exact) mass is 376 g/mol. The van der Waals surface area contributed by atoms with E-state index < -0.39 is 6.04 Å². The van der Waals surface area contributed by atoms with Crippen LogP contribution in [0.25, 0.3) is 0 Å². The molecule has 6 heteroatoms. The molecule has 0 heterocycles. The van der Waals surface area contributed by atoms with E-state index in [1.165, 1.54) is 18.2 Å². The lowest BCUT2D eigenvalue weighted by Gasteiger charge is -2.21. The summed E-state index contributed by atoms with van der Waals surface area (Å²) in [6.07, 6.45) is 0.478. The van der Waals surface area contributed by atoms with Gasteiger partial charge in [-0.05, 0) is 67.3 Å². The van der Waals surface area contributed by atoms with E-state index in [0.717, 1.165) is 0 Å². The molecule has 0 aliphatic carbocycles. The summed E-state index contributed by atoms with van der Waals surface area (Å²) < 4.78 is 13.2. The summed E-state index contributed by atoms with van der Waals surface area (Å²) in [4.78, 5) is 25.1. The Morgan fingerprint density at radius 1 is 1.12 bits per heavy atom. The lowest BCUT2D eigenvalue weighted by atomic mass is 10.0. The summed E-state index contributed by atoms with van der Waals surface area (Å²) in [6, 6.07) is 9.88. The number of amides is 2. The van der Waals surface area contributed by atoms with Crippen LogP contribution in [0, 0.1) is 18.7 Å². The highest BCUT2D eigenvalue weighted by Gasteiger charge is 2.23. The predicted molar refractivity (Wildman–Crippen MR) is 102 cm³/mol. The van der Waals surface area contributed by atoms with Crippen LogP contribution in [0.1, 0.15) is 36.2 Å². The number of benzene rings is 2. The Labute approximate surface area is 157 Å². The van der Waals surface area contributed by atoms with Gasteiger partial charge in [0.05, 0.1) is 0 Å². The van der Waals surface area contributed by atoms with Gasteiger partial charge >= 0.3 is 0 Å². The van der Waals surface area contributed by atoms with Crippen LogP contribution in [-0.2, 0) is 4.79 Å². The first kappa shape index (κ1) is 19.9. The number of carbonyl (C=O) groups is 2. The van der Waals surface area contributed by atoms with Crippen LogP contribution in [-0.4, -0.2) is 17.9 Å². The zero-order valence-electron chi connectivity index (χ0n) is 15.0. The number of anilines is 1. The topological polar surface area (TPSA) is 58.2 Å². The molecular formula is C20H22ClFN2O2. The molecule has 0 unspecified atom stereocenters. The standard InChI is InChI=1S/C20H22ClFN2O2/c1-12(2)10-18(24-19(25)14-4-6-15(21)7-5-14)20(26)23-17-9-8-16(22)11-13(17)3/h4-9,11-12,18H,10H2,1-3H3,(H,23,26)(H,24,25)/t18-/m0/s1. The number of hydrogen-bond donors (Lipinski definition) is 2. The smallest absolute Gasteiger partial charge is 0.251 e. The predicted octanol–water partition coefficient (Wildman–Crippen LogP) is 4.57. The second-order valence-corrected chi connectivity index (χ2v) is 7.05. The molecule has 0 saturated heterocycles. The Bertz CT molecular complexity index is 791. The van der Waals surface area contributed by atoms with Gasteiger partial charge < -0.3 is 10.6 Å². The van der Waals surface area contributed by atoms with Crippen LogP contribution in [0.4, 0.5) is 10.1 Å². The fraction of sp³-hybridized carbons (Fsp3) is 0.300. The quantitative estimate of drug-likeness (QED) is 0.775. The van der Waals surface area contributed by atoms with Crippen molar-refractivity contribution in [2.75, 3.05) is 5.32 Å². The molecule has 2 aromatic carbocycles. The van der Waals surface area contributed by atoms with Gasteiger partial charge in [0.1, 0.15) is 11.9 Å². The maximum atomic E-state index is 13.2. The van der Waals surface area contributed by atoms with Gasteiger partial charge in [0.2, 0.25) is 5.91 Å². The molecule has 0 aliphatic heterocycles. The molecule has 2 aromatic rings. The second kappa shape index (κ2) is 8.81. The van der Waals surface area contributed by atoms with Crippen LogP contribution < -0.4 is 10.6 Å². The van der Waals surface area contributed by atoms with E-state index in [1.54, 1.807) is 31.2 Å². The third-order valence-corrected chi connectivity index (χ3v) is 4.13. The molecule has 0 fully saturated rings. The molecule has 26 heavy (non-hydrogen) atoms. The molecular weight excluding hydrogens is 355 g/mol. The molecule has 0 radical (unpaired) electrons. The van der Waals surface area contributed by atoms with Crippen LogP contribution >= 0.6 is 11.6 Å². The van der Waals surface area contributed by atoms with Gasteiger partial charge in [-0.2, -0.15) is 0 Å². The normalized spacial score (nSPS) is 11.9. The van der Waals surface area contributed by atoms with Crippen LogP contribution in [0.15, 0.2) is 42.5 Å². The van der Waals surface area contributed by atoms with Crippen LogP contribution in [0.5, 0.6) is 0 Å². The van der Waals surface area contributed by atoms with Crippen molar-refractivity contribution in [1.29, 1.82) is 0 Å². The Hall–Kier alpha value is -2.40. The van der Waals surface area contributed by atoms with Crippen molar-refractivity contribution in [3.05, 3.63) is 64.4 Å². The van der Waals surface area contributed by atoms with Gasteiger partial charge in [0, 0.05) is 16.3 Å². The SMILES string of the molecule is Cc1cc(F)ccc1NC(=O)[C@H](CC(C)C)NC(=O)c1ccc(Cl)cc1. The summed E-state index contributed by atoms with van der Waals surface area (Å²) in [5, 5.41) is 6.07. The molecule has 4 nitrogen and oxygen atoms in total. The first-order valence-electron chi connectivity index (χ1n) is 8.39. The highest BCUT2D eigenvalue weighted by molar-refractivity contribution is 6.30. The first-order valence-corrected chi connectivity index (χ1v) is 8.77. The minimum Gasteiger partial charge on any atom is -0.340 e. The number of rotatable bonds is 6. The van der Waals surface area contributed by atoms with Gasteiger partial charge in [-0.15, -0.1) is 0 Å². The third kappa shape index (κ3) is 5.56. The van der Waals surface area contributed by atoms with E-state index in [1.807, 2.05) is 13.8 Å². The minimum atomic E-state index is -0.706. The molecule has 1 atom stereocenters. The van der Waals surface area contributed by atoms with Gasteiger partial charge in [-0.25, -0.2) is 4.39 Å². The molecule has 0 spiro atoms. The van der Waals surface area contributed by atoms with E-state index in [0.29, 0.717) is 28.3 Å². The number of nitrogens with one attached hydrogen (secondary N) is 2. The fourth-order valence-corrected chi connectivity index (χ4v) is 2.66. The molecule has 138 valence electrons. The summed E-state index contributed by atoms with van der Waals surface area (Å²) in [7, 11) is 0. The van der Waals surface area contributed by atoms with Crippen molar-refractivity contribution < 1.29 is 14.0 Å². The van der Waals surface area contributed by atoms with Crippen molar-refractivity contribution >= 4 is 29.1 Å². The molecule has 2 rings (SSSR count). The maximum Gasteiger partial charge on any atom is 0.251 e. The van der Waals surface area contributed by atoms with Crippen molar-refractivity contribution in [2.45, 2.75) is 33.2 Å². The summed E-state index contributed by atoms with van der Waals surface area (Å²) in [5.74, 6) is -0.852. The number of halogens is 2. The third-order valence-electron chi connectivity index (χ3n) is 3.88. The Morgan fingerprint density at radius 3 is 2.35 bits per heavy atom. The largest absolute Gasteiger partial charge is 0.340 e. The van der Waals surface area contributed by atoms with Crippen molar-refractivity contribution in [2.24, 2.45) is 5.92 Å².